The zero-order valence-electron chi connectivity index (χ0n) is 16.1. The molecule has 1 spiro atoms. The molecule has 140 valence electrons. The Bertz CT molecular complexity index is 903. The second kappa shape index (κ2) is 6.41. The summed E-state index contributed by atoms with van der Waals surface area (Å²) in [5.41, 5.74) is 6.93. The Morgan fingerprint density at radius 3 is 2.59 bits per heavy atom. The van der Waals surface area contributed by atoms with Crippen molar-refractivity contribution in [3.8, 4) is 0 Å². The molecule has 27 heavy (non-hydrogen) atoms. The molecular formula is C24H27NOS. The average Bonchev–Trinajstić information content (AvgIpc) is 3.16. The largest absolute Gasteiger partial charge is 0.294 e. The second-order valence-corrected chi connectivity index (χ2v) is 9.60. The first kappa shape index (κ1) is 17.4. The van der Waals surface area contributed by atoms with Crippen LogP contribution >= 0.6 is 11.3 Å². The van der Waals surface area contributed by atoms with Crippen molar-refractivity contribution in [1.29, 1.82) is 0 Å². The summed E-state index contributed by atoms with van der Waals surface area (Å²) in [6.07, 6.45) is 10.0. The van der Waals surface area contributed by atoms with E-state index in [1.807, 2.05) is 5.51 Å². The molecule has 1 saturated carbocycles. The SMILES string of the molecule is CC[C@@]1(c2ccccc2)C2=C(Cc3ncsc31)CC1(CCCCC1)CC2=O. The van der Waals surface area contributed by atoms with Gasteiger partial charge in [0.1, 0.15) is 0 Å². The van der Waals surface area contributed by atoms with Crippen molar-refractivity contribution in [3.05, 3.63) is 63.1 Å². The standard InChI is InChI=1S/C24H27NOS/c1-2-24(18-9-5-3-6-10-18)21-17(13-19-22(24)27-16-25-19)14-23(15-20(21)26)11-7-4-8-12-23/h3,5-6,9-10,16H,2,4,7-8,11-15H2,1H3/t24-/m1/s1. The van der Waals surface area contributed by atoms with E-state index < -0.39 is 0 Å². The molecule has 1 fully saturated rings. The van der Waals surface area contributed by atoms with E-state index in [1.165, 1.54) is 53.8 Å². The molecule has 2 nitrogen and oxygen atoms in total. The molecule has 1 heterocycles. The number of carbonyl (C=O) groups is 1. The summed E-state index contributed by atoms with van der Waals surface area (Å²) in [6, 6.07) is 10.7. The van der Waals surface area contributed by atoms with Crippen molar-refractivity contribution in [2.45, 2.75) is 70.1 Å². The lowest BCUT2D eigenvalue weighted by molar-refractivity contribution is -0.120. The number of thiazole rings is 1. The van der Waals surface area contributed by atoms with Gasteiger partial charge < -0.3 is 0 Å². The van der Waals surface area contributed by atoms with Crippen LogP contribution in [0.25, 0.3) is 0 Å². The van der Waals surface area contributed by atoms with Crippen LogP contribution in [0.5, 0.6) is 0 Å². The van der Waals surface area contributed by atoms with Crippen LogP contribution in [0.1, 0.15) is 74.4 Å². The Balaban J connectivity index is 1.71. The Kier molecular flexibility index (Phi) is 4.12. The lowest BCUT2D eigenvalue weighted by Crippen LogP contribution is -2.43. The van der Waals surface area contributed by atoms with E-state index in [0.29, 0.717) is 5.78 Å². The van der Waals surface area contributed by atoms with Gasteiger partial charge in [-0.15, -0.1) is 11.3 Å². The predicted molar refractivity (Wildman–Crippen MR) is 110 cm³/mol. The van der Waals surface area contributed by atoms with Crippen molar-refractivity contribution in [3.63, 3.8) is 0 Å². The maximum atomic E-state index is 13.7. The van der Waals surface area contributed by atoms with Crippen LogP contribution < -0.4 is 0 Å². The first-order valence-electron chi connectivity index (χ1n) is 10.4. The van der Waals surface area contributed by atoms with Crippen LogP contribution in [0, 0.1) is 5.41 Å². The summed E-state index contributed by atoms with van der Waals surface area (Å²) in [4.78, 5) is 19.8. The van der Waals surface area contributed by atoms with E-state index in [4.69, 9.17) is 4.98 Å². The molecule has 1 atom stereocenters. The fourth-order valence-corrected chi connectivity index (χ4v) is 7.28. The van der Waals surface area contributed by atoms with E-state index in [-0.39, 0.29) is 10.8 Å². The number of fused-ring (bicyclic) bond motifs is 1. The summed E-state index contributed by atoms with van der Waals surface area (Å²) < 4.78 is 0. The number of hydrogen-bond donors (Lipinski definition) is 0. The fourth-order valence-electron chi connectivity index (χ4n) is 6.17. The van der Waals surface area contributed by atoms with Gasteiger partial charge >= 0.3 is 0 Å². The van der Waals surface area contributed by atoms with Gasteiger partial charge in [0.05, 0.1) is 16.6 Å². The van der Waals surface area contributed by atoms with Gasteiger partial charge in [-0.1, -0.05) is 62.1 Å². The highest BCUT2D eigenvalue weighted by atomic mass is 32.1. The summed E-state index contributed by atoms with van der Waals surface area (Å²) in [7, 11) is 0. The minimum atomic E-state index is -0.293. The molecule has 0 amide bonds. The lowest BCUT2D eigenvalue weighted by atomic mass is 9.56. The first-order chi connectivity index (χ1) is 13.2. The van der Waals surface area contributed by atoms with Crippen molar-refractivity contribution in [2.75, 3.05) is 0 Å². The topological polar surface area (TPSA) is 30.0 Å². The molecular weight excluding hydrogens is 350 g/mol. The average molecular weight is 378 g/mol. The Morgan fingerprint density at radius 1 is 1.07 bits per heavy atom. The highest BCUT2D eigenvalue weighted by Crippen LogP contribution is 2.57. The Labute approximate surface area is 165 Å². The maximum Gasteiger partial charge on any atom is 0.160 e. The second-order valence-electron chi connectivity index (χ2n) is 8.75. The molecule has 3 aliphatic rings. The Hall–Kier alpha value is -1.74. The number of carbonyl (C=O) groups excluding carboxylic acids is 1. The molecule has 1 aromatic heterocycles. The van der Waals surface area contributed by atoms with Gasteiger partial charge in [-0.3, -0.25) is 4.79 Å². The molecule has 0 saturated heterocycles. The van der Waals surface area contributed by atoms with Crippen LogP contribution in [0.15, 0.2) is 47.0 Å². The summed E-state index contributed by atoms with van der Waals surface area (Å²) >= 11 is 1.74. The maximum absolute atomic E-state index is 13.7. The molecule has 2 aromatic rings. The van der Waals surface area contributed by atoms with Gasteiger partial charge in [-0.2, -0.15) is 0 Å². The number of nitrogens with zero attached hydrogens (tertiary/aromatic N) is 1. The number of Topliss-reactive ketones (excluding diaryl/α,β-unsaturated/α-hetero) is 1. The minimum absolute atomic E-state index is 0.234. The van der Waals surface area contributed by atoms with Crippen LogP contribution in [0.4, 0.5) is 0 Å². The van der Waals surface area contributed by atoms with Crippen LogP contribution in [0.3, 0.4) is 0 Å². The van der Waals surface area contributed by atoms with Crippen molar-refractivity contribution >= 4 is 17.1 Å². The predicted octanol–water partition coefficient (Wildman–Crippen LogP) is 6.01. The van der Waals surface area contributed by atoms with Crippen molar-refractivity contribution < 1.29 is 4.79 Å². The number of ketones is 1. The lowest BCUT2D eigenvalue weighted by Gasteiger charge is -2.48. The zero-order valence-corrected chi connectivity index (χ0v) is 16.9. The van der Waals surface area contributed by atoms with Crippen LogP contribution in [-0.2, 0) is 16.6 Å². The fraction of sp³-hybridized carbons (Fsp3) is 0.500. The van der Waals surface area contributed by atoms with E-state index in [2.05, 4.69) is 37.3 Å². The third-order valence-electron chi connectivity index (χ3n) is 7.30. The molecule has 0 bridgehead atoms. The van der Waals surface area contributed by atoms with Crippen LogP contribution in [-0.4, -0.2) is 10.8 Å². The molecule has 3 heteroatoms. The van der Waals surface area contributed by atoms with E-state index in [9.17, 15) is 4.79 Å². The molecule has 3 aliphatic carbocycles. The van der Waals surface area contributed by atoms with Gasteiger partial charge in [0.15, 0.2) is 5.78 Å². The number of hydrogen-bond acceptors (Lipinski definition) is 3. The number of benzene rings is 1. The monoisotopic (exact) mass is 377 g/mol. The minimum Gasteiger partial charge on any atom is -0.294 e. The van der Waals surface area contributed by atoms with Crippen molar-refractivity contribution in [2.24, 2.45) is 5.41 Å². The zero-order chi connectivity index (χ0) is 18.5. The van der Waals surface area contributed by atoms with E-state index in [0.717, 1.165) is 31.3 Å². The van der Waals surface area contributed by atoms with E-state index in [1.54, 1.807) is 11.3 Å². The first-order valence-corrected chi connectivity index (χ1v) is 11.3. The third kappa shape index (κ3) is 2.51. The van der Waals surface area contributed by atoms with Crippen molar-refractivity contribution in [1.82, 2.24) is 4.98 Å². The molecule has 5 rings (SSSR count). The molecule has 1 aromatic carbocycles. The highest BCUT2D eigenvalue weighted by molar-refractivity contribution is 7.10. The number of aromatic nitrogens is 1. The van der Waals surface area contributed by atoms with Crippen LogP contribution in [0.2, 0.25) is 0 Å². The van der Waals surface area contributed by atoms with Gasteiger partial charge in [-0.05, 0) is 36.7 Å². The molecule has 0 aliphatic heterocycles. The summed E-state index contributed by atoms with van der Waals surface area (Å²) in [6.45, 7) is 2.24. The Morgan fingerprint density at radius 2 is 1.85 bits per heavy atom. The van der Waals surface area contributed by atoms with Gasteiger partial charge in [-0.25, -0.2) is 4.98 Å². The molecule has 0 N–H and O–H groups in total. The quantitative estimate of drug-likeness (QED) is 0.642. The van der Waals surface area contributed by atoms with Gasteiger partial charge in [0.2, 0.25) is 0 Å². The van der Waals surface area contributed by atoms with E-state index >= 15 is 0 Å². The normalized spacial score (nSPS) is 26.8. The summed E-state index contributed by atoms with van der Waals surface area (Å²) in [5.74, 6) is 0.419. The van der Waals surface area contributed by atoms with Gasteiger partial charge in [0.25, 0.3) is 0 Å². The number of allylic oxidation sites excluding steroid dienone is 2. The highest BCUT2D eigenvalue weighted by Gasteiger charge is 2.51. The number of rotatable bonds is 2. The van der Waals surface area contributed by atoms with Gasteiger partial charge in [0, 0.05) is 23.3 Å². The molecule has 0 radical (unpaired) electrons. The third-order valence-corrected chi connectivity index (χ3v) is 8.33. The molecule has 0 unspecified atom stereocenters. The smallest absolute Gasteiger partial charge is 0.160 e. The summed E-state index contributed by atoms with van der Waals surface area (Å²) in [5, 5.41) is 0.